The summed E-state index contributed by atoms with van der Waals surface area (Å²) in [7, 11) is -2.46. The molecule has 2 rings (SSSR count). The van der Waals surface area contributed by atoms with Gasteiger partial charge in [0.25, 0.3) is 0 Å². The fourth-order valence-corrected chi connectivity index (χ4v) is 4.32. The maximum atomic E-state index is 12.5. The highest BCUT2D eigenvalue weighted by molar-refractivity contribution is 7.89. The molecule has 7 nitrogen and oxygen atoms in total. The summed E-state index contributed by atoms with van der Waals surface area (Å²) < 4.78 is 32.1. The number of hydrogen-bond donors (Lipinski definition) is 2. The highest BCUT2D eigenvalue weighted by Crippen LogP contribution is 2.20. The maximum absolute atomic E-state index is 12.5. The second-order valence-electron chi connectivity index (χ2n) is 6.87. The van der Waals surface area contributed by atoms with Crippen molar-refractivity contribution in [1.82, 2.24) is 10.0 Å². The summed E-state index contributed by atoms with van der Waals surface area (Å²) in [5.41, 5.74) is 2.28. The molecule has 2 aromatic carbocycles. The molecule has 0 saturated heterocycles. The molecular formula is C21H25ClN2O5S. The number of sulfonamides is 1. The minimum atomic E-state index is -3.73. The Bertz CT molecular complexity index is 1010. The fraction of sp³-hybridized carbons (Fsp3) is 0.333. The first-order valence-electron chi connectivity index (χ1n) is 9.31. The summed E-state index contributed by atoms with van der Waals surface area (Å²) >= 11 is 5.89. The Hall–Kier alpha value is -2.42. The number of carbonyl (C=O) groups excluding carboxylic acids is 2. The summed E-state index contributed by atoms with van der Waals surface area (Å²) in [6.07, 6.45) is -0.145. The van der Waals surface area contributed by atoms with Crippen LogP contribution < -0.4 is 10.0 Å². The number of rotatable bonds is 9. The molecule has 0 aliphatic carbocycles. The van der Waals surface area contributed by atoms with E-state index in [1.165, 1.54) is 7.11 Å². The van der Waals surface area contributed by atoms with Gasteiger partial charge in [0.05, 0.1) is 24.5 Å². The zero-order valence-corrected chi connectivity index (χ0v) is 18.6. The molecule has 2 N–H and O–H groups in total. The number of esters is 1. The number of hydrogen-bond acceptors (Lipinski definition) is 5. The maximum Gasteiger partial charge on any atom is 0.307 e. The quantitative estimate of drug-likeness (QED) is 0.569. The molecular weight excluding hydrogens is 428 g/mol. The molecule has 1 unspecified atom stereocenters. The van der Waals surface area contributed by atoms with Crippen LogP contribution in [0.1, 0.15) is 35.6 Å². The van der Waals surface area contributed by atoms with E-state index in [1.807, 2.05) is 6.92 Å². The predicted octanol–water partition coefficient (Wildman–Crippen LogP) is 3.05. The van der Waals surface area contributed by atoms with Crippen LogP contribution >= 0.6 is 11.6 Å². The van der Waals surface area contributed by atoms with Crippen LogP contribution in [0.2, 0.25) is 5.02 Å². The first kappa shape index (κ1) is 23.9. The number of aryl methyl sites for hydroxylation is 2. The molecule has 0 heterocycles. The van der Waals surface area contributed by atoms with Gasteiger partial charge in [-0.2, -0.15) is 0 Å². The third-order valence-corrected chi connectivity index (χ3v) is 6.34. The Morgan fingerprint density at radius 3 is 2.37 bits per heavy atom. The smallest absolute Gasteiger partial charge is 0.307 e. The van der Waals surface area contributed by atoms with Crippen molar-refractivity contribution < 1.29 is 22.7 Å². The van der Waals surface area contributed by atoms with Gasteiger partial charge in [-0.1, -0.05) is 41.4 Å². The van der Waals surface area contributed by atoms with Crippen LogP contribution in [0.15, 0.2) is 47.4 Å². The molecule has 30 heavy (non-hydrogen) atoms. The van der Waals surface area contributed by atoms with E-state index in [0.29, 0.717) is 16.1 Å². The van der Waals surface area contributed by atoms with Gasteiger partial charge in [0.2, 0.25) is 15.9 Å². The molecule has 0 fully saturated rings. The van der Waals surface area contributed by atoms with Gasteiger partial charge < -0.3 is 10.1 Å². The minimum Gasteiger partial charge on any atom is -0.469 e. The Kier molecular flexibility index (Phi) is 8.40. The lowest BCUT2D eigenvalue weighted by Gasteiger charge is -2.18. The zero-order chi connectivity index (χ0) is 22.3. The second-order valence-corrected chi connectivity index (χ2v) is 9.04. The van der Waals surface area contributed by atoms with Crippen LogP contribution in [0.4, 0.5) is 0 Å². The first-order valence-corrected chi connectivity index (χ1v) is 11.2. The molecule has 0 saturated carbocycles. The monoisotopic (exact) mass is 452 g/mol. The van der Waals surface area contributed by atoms with Crippen molar-refractivity contribution >= 4 is 33.5 Å². The van der Waals surface area contributed by atoms with Gasteiger partial charge in [-0.25, -0.2) is 13.1 Å². The summed E-state index contributed by atoms with van der Waals surface area (Å²) in [6, 6.07) is 11.2. The number of methoxy groups -OCH3 is 1. The Balaban J connectivity index is 1.99. The molecule has 0 spiro atoms. The summed E-state index contributed by atoms with van der Waals surface area (Å²) in [5, 5.41) is 3.28. The number of carbonyl (C=O) groups is 2. The Morgan fingerprint density at radius 1 is 1.10 bits per heavy atom. The van der Waals surface area contributed by atoms with E-state index in [9.17, 15) is 18.0 Å². The normalized spacial score (nSPS) is 12.3. The first-order chi connectivity index (χ1) is 14.1. The average molecular weight is 453 g/mol. The Labute approximate surface area is 181 Å². The average Bonchev–Trinajstić information content (AvgIpc) is 2.67. The molecule has 0 aliphatic heterocycles. The molecule has 0 aromatic heterocycles. The van der Waals surface area contributed by atoms with Crippen molar-refractivity contribution in [2.24, 2.45) is 0 Å². The second kappa shape index (κ2) is 10.6. The van der Waals surface area contributed by atoms with E-state index in [4.69, 9.17) is 16.3 Å². The van der Waals surface area contributed by atoms with E-state index in [1.54, 1.807) is 49.4 Å². The number of halogens is 1. The highest BCUT2D eigenvalue weighted by Gasteiger charge is 2.20. The molecule has 0 bridgehead atoms. The van der Waals surface area contributed by atoms with Crippen molar-refractivity contribution in [3.05, 3.63) is 64.2 Å². The highest BCUT2D eigenvalue weighted by atomic mass is 35.5. The van der Waals surface area contributed by atoms with Crippen molar-refractivity contribution in [1.29, 1.82) is 0 Å². The number of benzene rings is 2. The molecule has 2 aromatic rings. The van der Waals surface area contributed by atoms with Crippen LogP contribution in [0.5, 0.6) is 0 Å². The van der Waals surface area contributed by atoms with Crippen LogP contribution in [-0.4, -0.2) is 33.9 Å². The topological polar surface area (TPSA) is 102 Å². The van der Waals surface area contributed by atoms with E-state index in [-0.39, 0.29) is 24.3 Å². The van der Waals surface area contributed by atoms with Crippen molar-refractivity contribution in [2.75, 3.05) is 13.7 Å². The van der Waals surface area contributed by atoms with Crippen molar-refractivity contribution in [2.45, 2.75) is 37.6 Å². The van der Waals surface area contributed by atoms with Gasteiger partial charge in [0.1, 0.15) is 0 Å². The van der Waals surface area contributed by atoms with Gasteiger partial charge in [0.15, 0.2) is 0 Å². The summed E-state index contributed by atoms with van der Waals surface area (Å²) in [4.78, 5) is 24.3. The lowest BCUT2D eigenvalue weighted by Crippen LogP contribution is -2.34. The van der Waals surface area contributed by atoms with Crippen LogP contribution in [0.25, 0.3) is 0 Å². The molecule has 9 heteroatoms. The summed E-state index contributed by atoms with van der Waals surface area (Å²) in [6.45, 7) is 3.53. The molecule has 162 valence electrons. The van der Waals surface area contributed by atoms with E-state index >= 15 is 0 Å². The van der Waals surface area contributed by atoms with E-state index < -0.39 is 27.9 Å². The molecule has 0 aliphatic rings. The fourth-order valence-electron chi connectivity index (χ4n) is 2.94. The third-order valence-electron chi connectivity index (χ3n) is 4.47. The SMILES string of the molecule is COC(=O)CC(NC(=O)CCNS(=O)(=O)c1ccc(C)cc1C)c1ccc(Cl)cc1. The van der Waals surface area contributed by atoms with Crippen LogP contribution in [-0.2, 0) is 24.3 Å². The summed E-state index contributed by atoms with van der Waals surface area (Å²) in [5.74, 6) is -0.881. The lowest BCUT2D eigenvalue weighted by molar-refractivity contribution is -0.141. The van der Waals surface area contributed by atoms with Gasteiger partial charge in [0, 0.05) is 18.0 Å². The van der Waals surface area contributed by atoms with Crippen molar-refractivity contribution in [3.63, 3.8) is 0 Å². The Morgan fingerprint density at radius 2 is 1.77 bits per heavy atom. The van der Waals surface area contributed by atoms with Crippen molar-refractivity contribution in [3.8, 4) is 0 Å². The van der Waals surface area contributed by atoms with Gasteiger partial charge in [-0.15, -0.1) is 0 Å². The van der Waals surface area contributed by atoms with Gasteiger partial charge >= 0.3 is 5.97 Å². The van der Waals surface area contributed by atoms with Gasteiger partial charge in [-0.05, 0) is 43.2 Å². The van der Waals surface area contributed by atoms with E-state index in [0.717, 1.165) is 5.56 Å². The number of ether oxygens (including phenoxy) is 1. The van der Waals surface area contributed by atoms with Crippen LogP contribution in [0, 0.1) is 13.8 Å². The molecule has 1 amide bonds. The largest absolute Gasteiger partial charge is 0.469 e. The zero-order valence-electron chi connectivity index (χ0n) is 17.1. The molecule has 1 atom stereocenters. The molecule has 0 radical (unpaired) electrons. The number of nitrogens with one attached hydrogen (secondary N) is 2. The third kappa shape index (κ3) is 6.83. The van der Waals surface area contributed by atoms with E-state index in [2.05, 4.69) is 10.0 Å². The minimum absolute atomic E-state index is 0.0574. The standard InChI is InChI=1S/C21H25ClN2O5S/c1-14-4-9-19(15(2)12-14)30(27,28)23-11-10-20(25)24-18(13-21(26)29-3)16-5-7-17(22)8-6-16/h4-9,12,18,23H,10-11,13H2,1-3H3,(H,24,25). The van der Waals surface area contributed by atoms with Crippen LogP contribution in [0.3, 0.4) is 0 Å². The number of amides is 1. The predicted molar refractivity (Wildman–Crippen MR) is 115 cm³/mol. The lowest BCUT2D eigenvalue weighted by atomic mass is 10.0. The van der Waals surface area contributed by atoms with Gasteiger partial charge in [-0.3, -0.25) is 9.59 Å².